The number of carbonyl (C=O) groups is 3. The van der Waals surface area contributed by atoms with Gasteiger partial charge in [-0.2, -0.15) is 0 Å². The van der Waals surface area contributed by atoms with Gasteiger partial charge in [-0.25, -0.2) is 0 Å². The number of carboxylic acids is 2. The maximum absolute atomic E-state index is 10.1. The summed E-state index contributed by atoms with van der Waals surface area (Å²) < 4.78 is 0. The van der Waals surface area contributed by atoms with Crippen molar-refractivity contribution in [3.05, 3.63) is 0 Å². The highest BCUT2D eigenvalue weighted by atomic mass is 16.4. The number of hydrogen-bond acceptors (Lipinski definition) is 6. The van der Waals surface area contributed by atoms with E-state index in [1.165, 1.54) is 0 Å². The molecular weight excluding hydrogens is 268 g/mol. The van der Waals surface area contributed by atoms with Gasteiger partial charge in [0.15, 0.2) is 0 Å². The van der Waals surface area contributed by atoms with E-state index in [9.17, 15) is 14.4 Å². The summed E-state index contributed by atoms with van der Waals surface area (Å²) in [7, 11) is 0. The molecule has 0 bridgehead atoms. The lowest BCUT2D eigenvalue weighted by atomic mass is 10.1. The largest absolute Gasteiger partial charge is 0.480 e. The van der Waals surface area contributed by atoms with Crippen LogP contribution in [0.3, 0.4) is 0 Å². The molecule has 0 radical (unpaired) electrons. The van der Waals surface area contributed by atoms with E-state index in [1.54, 1.807) is 0 Å². The van der Waals surface area contributed by atoms with Gasteiger partial charge in [0.2, 0.25) is 5.91 Å². The van der Waals surface area contributed by atoms with Crippen LogP contribution in [0.1, 0.15) is 32.1 Å². The third-order valence-electron chi connectivity index (χ3n) is 2.31. The molecule has 9 nitrogen and oxygen atoms in total. The van der Waals surface area contributed by atoms with Gasteiger partial charge < -0.3 is 33.1 Å². The second-order valence-electron chi connectivity index (χ2n) is 4.18. The molecule has 20 heavy (non-hydrogen) atoms. The van der Waals surface area contributed by atoms with Crippen molar-refractivity contribution >= 4 is 17.8 Å². The van der Waals surface area contributed by atoms with Crippen LogP contribution in [0.25, 0.3) is 0 Å². The van der Waals surface area contributed by atoms with Gasteiger partial charge >= 0.3 is 11.9 Å². The molecule has 0 heterocycles. The standard InChI is InChI=1S/C6H14N2O2.C5H10N2O3/c7-4-2-1-3-5(8)6(9)10;6-3(5(9)10)1-2-4(7)8/h5H,1-4,7-8H2,(H,9,10);3H,1-2,6H2,(H2,7,8)(H,9,10). The van der Waals surface area contributed by atoms with E-state index in [1.807, 2.05) is 0 Å². The summed E-state index contributed by atoms with van der Waals surface area (Å²) in [4.78, 5) is 30.3. The average molecular weight is 292 g/mol. The maximum atomic E-state index is 10.1. The molecule has 0 aromatic rings. The molecular formula is C11H24N4O5. The normalized spacial score (nSPS) is 12.8. The summed E-state index contributed by atoms with van der Waals surface area (Å²) in [5, 5.41) is 16.5. The molecule has 2 unspecified atom stereocenters. The Morgan fingerprint density at radius 1 is 0.900 bits per heavy atom. The third kappa shape index (κ3) is 14.4. The number of aliphatic carboxylic acids is 2. The molecule has 0 saturated heterocycles. The minimum Gasteiger partial charge on any atom is -0.480 e. The molecule has 9 heteroatoms. The second-order valence-corrected chi connectivity index (χ2v) is 4.18. The Kier molecular flexibility index (Phi) is 12.7. The summed E-state index contributed by atoms with van der Waals surface area (Å²) >= 11 is 0. The van der Waals surface area contributed by atoms with Crippen LogP contribution in [0.4, 0.5) is 0 Å². The molecule has 10 N–H and O–H groups in total. The highest BCUT2D eigenvalue weighted by Crippen LogP contribution is 1.97. The lowest BCUT2D eigenvalue weighted by Gasteiger charge is -2.03. The Labute approximate surface area is 117 Å². The van der Waals surface area contributed by atoms with E-state index in [4.69, 9.17) is 33.1 Å². The Hall–Kier alpha value is -1.71. The van der Waals surface area contributed by atoms with E-state index in [0.717, 1.165) is 12.8 Å². The van der Waals surface area contributed by atoms with Crippen LogP contribution in [0.5, 0.6) is 0 Å². The van der Waals surface area contributed by atoms with Crippen LogP contribution < -0.4 is 22.9 Å². The number of carbonyl (C=O) groups excluding carboxylic acids is 1. The van der Waals surface area contributed by atoms with Crippen LogP contribution in [-0.4, -0.2) is 46.7 Å². The molecule has 0 aromatic carbocycles. The summed E-state index contributed by atoms with van der Waals surface area (Å²) in [5.74, 6) is -2.57. The first kappa shape index (κ1) is 20.6. The van der Waals surface area contributed by atoms with Crippen LogP contribution in [0.2, 0.25) is 0 Å². The minimum atomic E-state index is -1.11. The summed E-state index contributed by atoms with van der Waals surface area (Å²) in [6, 6.07) is -1.70. The van der Waals surface area contributed by atoms with E-state index < -0.39 is 29.9 Å². The predicted octanol–water partition coefficient (Wildman–Crippen LogP) is -1.81. The van der Waals surface area contributed by atoms with Crippen molar-refractivity contribution in [2.45, 2.75) is 44.2 Å². The number of amides is 1. The molecule has 2 atom stereocenters. The molecule has 0 spiro atoms. The van der Waals surface area contributed by atoms with Crippen molar-refractivity contribution in [2.75, 3.05) is 6.54 Å². The monoisotopic (exact) mass is 292 g/mol. The predicted molar refractivity (Wildman–Crippen MR) is 72.6 cm³/mol. The smallest absolute Gasteiger partial charge is 0.320 e. The number of hydrogen-bond donors (Lipinski definition) is 6. The number of unbranched alkanes of at least 4 members (excludes halogenated alkanes) is 1. The number of nitrogens with two attached hydrogens (primary N) is 4. The lowest BCUT2D eigenvalue weighted by molar-refractivity contribution is -0.139. The van der Waals surface area contributed by atoms with E-state index in [2.05, 4.69) is 0 Å². The van der Waals surface area contributed by atoms with E-state index >= 15 is 0 Å². The SMILES string of the molecule is NC(=O)CCC(N)C(=O)O.NCCCCC(N)C(=O)O. The fourth-order valence-electron chi connectivity index (χ4n) is 1.05. The molecule has 1 amide bonds. The Morgan fingerprint density at radius 3 is 1.70 bits per heavy atom. The van der Waals surface area contributed by atoms with Crippen molar-refractivity contribution < 1.29 is 24.6 Å². The number of carboxylic acid groups (broad SMARTS) is 2. The Morgan fingerprint density at radius 2 is 1.35 bits per heavy atom. The molecule has 0 rings (SSSR count). The topological polar surface area (TPSA) is 196 Å². The van der Waals surface area contributed by atoms with Crippen molar-refractivity contribution in [3.8, 4) is 0 Å². The van der Waals surface area contributed by atoms with E-state index in [-0.39, 0.29) is 12.8 Å². The van der Waals surface area contributed by atoms with E-state index in [0.29, 0.717) is 13.0 Å². The molecule has 118 valence electrons. The first-order valence-corrected chi connectivity index (χ1v) is 6.17. The van der Waals surface area contributed by atoms with Gasteiger partial charge in [-0.1, -0.05) is 6.42 Å². The zero-order valence-corrected chi connectivity index (χ0v) is 11.3. The minimum absolute atomic E-state index is 0.0213. The zero-order valence-electron chi connectivity index (χ0n) is 11.3. The van der Waals surface area contributed by atoms with Crippen molar-refractivity contribution in [3.63, 3.8) is 0 Å². The number of rotatable bonds is 9. The molecule has 0 aromatic heterocycles. The van der Waals surface area contributed by atoms with Crippen LogP contribution >= 0.6 is 0 Å². The molecule has 0 aliphatic rings. The first-order valence-electron chi connectivity index (χ1n) is 6.17. The third-order valence-corrected chi connectivity index (χ3v) is 2.31. The van der Waals surface area contributed by atoms with Crippen molar-refractivity contribution in [1.82, 2.24) is 0 Å². The van der Waals surface area contributed by atoms with Gasteiger partial charge in [0.1, 0.15) is 12.1 Å². The fraction of sp³-hybridized carbons (Fsp3) is 0.727. The van der Waals surface area contributed by atoms with Gasteiger partial charge in [-0.15, -0.1) is 0 Å². The first-order chi connectivity index (χ1) is 9.22. The van der Waals surface area contributed by atoms with Gasteiger partial charge in [0.05, 0.1) is 0 Å². The molecule has 0 aliphatic heterocycles. The zero-order chi connectivity index (χ0) is 16.1. The van der Waals surface area contributed by atoms with Crippen LogP contribution in [0, 0.1) is 0 Å². The maximum Gasteiger partial charge on any atom is 0.320 e. The van der Waals surface area contributed by atoms with Crippen LogP contribution in [0.15, 0.2) is 0 Å². The van der Waals surface area contributed by atoms with Crippen molar-refractivity contribution in [1.29, 1.82) is 0 Å². The average Bonchev–Trinajstić information content (AvgIpc) is 2.36. The number of primary amides is 1. The molecule has 0 saturated carbocycles. The Bertz CT molecular complexity index is 311. The highest BCUT2D eigenvalue weighted by molar-refractivity contribution is 5.77. The molecule has 0 fully saturated rings. The fourth-order valence-corrected chi connectivity index (χ4v) is 1.05. The summed E-state index contributed by atoms with van der Waals surface area (Å²) in [5.41, 5.74) is 20.2. The summed E-state index contributed by atoms with van der Waals surface area (Å²) in [6.45, 7) is 0.604. The van der Waals surface area contributed by atoms with Gasteiger partial charge in [0, 0.05) is 6.42 Å². The second kappa shape index (κ2) is 12.3. The lowest BCUT2D eigenvalue weighted by Crippen LogP contribution is -2.31. The quantitative estimate of drug-likeness (QED) is 0.267. The highest BCUT2D eigenvalue weighted by Gasteiger charge is 2.11. The van der Waals surface area contributed by atoms with Gasteiger partial charge in [0.25, 0.3) is 0 Å². The van der Waals surface area contributed by atoms with Gasteiger partial charge in [-0.05, 0) is 25.8 Å². The summed E-state index contributed by atoms with van der Waals surface area (Å²) in [6.07, 6.45) is 2.29. The van der Waals surface area contributed by atoms with Crippen LogP contribution in [-0.2, 0) is 14.4 Å². The van der Waals surface area contributed by atoms with Gasteiger partial charge in [-0.3, -0.25) is 14.4 Å². The van der Waals surface area contributed by atoms with Crippen molar-refractivity contribution in [2.24, 2.45) is 22.9 Å². The molecule has 0 aliphatic carbocycles. The Balaban J connectivity index is 0.